The smallest absolute Gasteiger partial charge is 0.484 e. The summed E-state index contributed by atoms with van der Waals surface area (Å²) in [6.45, 7) is 1.21. The molecule has 228 valence electrons. The second-order valence-electron chi connectivity index (χ2n) is 8.58. The Morgan fingerprint density at radius 2 is 1.81 bits per heavy atom. The molecule has 2 heterocycles. The van der Waals surface area contributed by atoms with Gasteiger partial charge in [0.05, 0.1) is 53.5 Å². The van der Waals surface area contributed by atoms with E-state index < -0.39 is 41.9 Å². The summed E-state index contributed by atoms with van der Waals surface area (Å²) in [5, 5.41) is 0.416. The predicted molar refractivity (Wildman–Crippen MR) is 141 cm³/mol. The van der Waals surface area contributed by atoms with E-state index in [1.165, 1.54) is 31.1 Å². The molecule has 0 aliphatic carbocycles. The van der Waals surface area contributed by atoms with Crippen molar-refractivity contribution in [1.82, 2.24) is 24.5 Å². The van der Waals surface area contributed by atoms with E-state index in [1.54, 1.807) is 31.2 Å². The lowest BCUT2D eigenvalue weighted by atomic mass is 10.2. The standard InChI is InChI=1S/C25H28F3N5O8S/c1-5-38-24(36)41-32(4)23(35)39-13-12-31(3)22(34)33-19-9-7-6-8-17(19)30-21(33)42(37)14-18-16(2)20(10-11-29-18)40-15-25(26,27)28/h6-11H,5,12-15H2,1-4H3. The monoisotopic (exact) mass is 615 g/mol. The van der Waals surface area contributed by atoms with Crippen LogP contribution >= 0.6 is 0 Å². The van der Waals surface area contributed by atoms with E-state index in [4.69, 9.17) is 9.47 Å². The summed E-state index contributed by atoms with van der Waals surface area (Å²) >= 11 is 0. The molecule has 3 rings (SSSR count). The number of alkyl halides is 3. The third-order valence-corrected chi connectivity index (χ3v) is 6.77. The first-order chi connectivity index (χ1) is 19.8. The number of pyridine rings is 1. The van der Waals surface area contributed by atoms with Gasteiger partial charge in [-0.3, -0.25) is 9.19 Å². The number of imidazole rings is 1. The molecule has 1 unspecified atom stereocenters. The maximum absolute atomic E-state index is 13.5. The Hall–Kier alpha value is -4.41. The molecule has 2 amide bonds. The van der Waals surface area contributed by atoms with Crippen LogP contribution in [-0.4, -0.2) is 93.6 Å². The van der Waals surface area contributed by atoms with Crippen molar-refractivity contribution < 1.29 is 50.8 Å². The molecule has 1 aromatic carbocycles. The molecule has 0 aliphatic heterocycles. The minimum atomic E-state index is -4.54. The summed E-state index contributed by atoms with van der Waals surface area (Å²) in [5.41, 5.74) is 1.19. The molecule has 1 atom stereocenters. The fourth-order valence-corrected chi connectivity index (χ4v) is 4.72. The molecule has 0 radical (unpaired) electrons. The number of carbonyl (C=O) groups excluding carboxylic acids is 3. The van der Waals surface area contributed by atoms with Gasteiger partial charge in [-0.15, -0.1) is 5.06 Å². The van der Waals surface area contributed by atoms with Gasteiger partial charge in [-0.25, -0.2) is 23.9 Å². The third kappa shape index (κ3) is 8.31. The molecule has 0 N–H and O–H groups in total. The van der Waals surface area contributed by atoms with Crippen LogP contribution in [0.3, 0.4) is 0 Å². The van der Waals surface area contributed by atoms with Crippen molar-refractivity contribution in [1.29, 1.82) is 0 Å². The summed E-state index contributed by atoms with van der Waals surface area (Å²) in [6, 6.07) is 7.19. The SMILES string of the molecule is CCOC(=O)ON(C)C(=O)OCCN(C)C(=O)n1c(S(=O)Cc2nccc(OCC(F)(F)F)c2C)nc2ccccc21. The molecule has 42 heavy (non-hydrogen) atoms. The molecule has 0 bridgehead atoms. The number of benzene rings is 1. The number of hydrogen-bond donors (Lipinski definition) is 0. The molecule has 0 saturated carbocycles. The topological polar surface area (TPSA) is 142 Å². The zero-order valence-corrected chi connectivity index (χ0v) is 23.9. The van der Waals surface area contributed by atoms with Crippen LogP contribution in [0, 0.1) is 6.92 Å². The Labute approximate surface area is 240 Å². The summed E-state index contributed by atoms with van der Waals surface area (Å²) in [5.74, 6) is -0.328. The van der Waals surface area contributed by atoms with Crippen LogP contribution in [0.2, 0.25) is 0 Å². The Morgan fingerprint density at radius 1 is 1.10 bits per heavy atom. The van der Waals surface area contributed by atoms with Gasteiger partial charge >= 0.3 is 24.5 Å². The number of para-hydroxylation sites is 2. The van der Waals surface area contributed by atoms with Gasteiger partial charge in [-0.2, -0.15) is 13.2 Å². The number of aromatic nitrogens is 3. The van der Waals surface area contributed by atoms with Crippen LogP contribution in [0.5, 0.6) is 5.75 Å². The second-order valence-corrected chi connectivity index (χ2v) is 9.93. The molecule has 2 aromatic heterocycles. The van der Waals surface area contributed by atoms with Crippen molar-refractivity contribution in [3.05, 3.63) is 47.8 Å². The van der Waals surface area contributed by atoms with Crippen molar-refractivity contribution >= 4 is 40.1 Å². The van der Waals surface area contributed by atoms with Gasteiger partial charge in [0.25, 0.3) is 0 Å². The van der Waals surface area contributed by atoms with E-state index in [9.17, 15) is 31.8 Å². The van der Waals surface area contributed by atoms with Crippen LogP contribution in [0.4, 0.5) is 27.6 Å². The summed E-state index contributed by atoms with van der Waals surface area (Å²) < 4.78 is 67.0. The summed E-state index contributed by atoms with van der Waals surface area (Å²) in [7, 11) is 0.591. The van der Waals surface area contributed by atoms with Crippen LogP contribution in [0.25, 0.3) is 11.0 Å². The molecule has 0 spiro atoms. The van der Waals surface area contributed by atoms with E-state index in [-0.39, 0.29) is 47.7 Å². The zero-order valence-electron chi connectivity index (χ0n) is 23.0. The molecule has 13 nitrogen and oxygen atoms in total. The maximum Gasteiger partial charge on any atom is 0.533 e. The van der Waals surface area contributed by atoms with Crippen molar-refractivity contribution in [3.8, 4) is 5.75 Å². The average Bonchev–Trinajstić information content (AvgIpc) is 3.32. The van der Waals surface area contributed by atoms with E-state index in [0.29, 0.717) is 16.1 Å². The summed E-state index contributed by atoms with van der Waals surface area (Å²) in [6.07, 6.45) is -5.41. The average molecular weight is 616 g/mol. The van der Waals surface area contributed by atoms with Crippen LogP contribution < -0.4 is 4.74 Å². The van der Waals surface area contributed by atoms with Gasteiger partial charge in [0, 0.05) is 18.8 Å². The molecular formula is C25H28F3N5O8S. The number of likely N-dealkylation sites (N-methyl/N-ethyl adjacent to an activating group) is 1. The first-order valence-corrected chi connectivity index (χ1v) is 13.6. The fraction of sp³-hybridized carbons (Fsp3) is 0.400. The Kier molecular flexibility index (Phi) is 10.7. The Balaban J connectivity index is 1.75. The number of fused-ring (bicyclic) bond motifs is 1. The van der Waals surface area contributed by atoms with Gasteiger partial charge in [-0.05, 0) is 32.0 Å². The number of carbonyl (C=O) groups is 3. The van der Waals surface area contributed by atoms with Crippen molar-refractivity contribution in [2.45, 2.75) is 30.9 Å². The van der Waals surface area contributed by atoms with Crippen molar-refractivity contribution in [3.63, 3.8) is 0 Å². The molecule has 0 fully saturated rings. The molecule has 0 aliphatic rings. The minimum absolute atomic E-state index is 0.0449. The molecular weight excluding hydrogens is 587 g/mol. The number of rotatable bonds is 9. The first-order valence-electron chi connectivity index (χ1n) is 12.3. The van der Waals surface area contributed by atoms with E-state index >= 15 is 0 Å². The quantitative estimate of drug-likeness (QED) is 0.256. The second kappa shape index (κ2) is 14.0. The van der Waals surface area contributed by atoms with Gasteiger partial charge < -0.3 is 23.9 Å². The Morgan fingerprint density at radius 3 is 2.50 bits per heavy atom. The number of halogens is 3. The minimum Gasteiger partial charge on any atom is -0.484 e. The largest absolute Gasteiger partial charge is 0.533 e. The fourth-order valence-electron chi connectivity index (χ4n) is 3.47. The van der Waals surface area contributed by atoms with Gasteiger partial charge in [-0.1, -0.05) is 12.1 Å². The number of ether oxygens (including phenoxy) is 3. The van der Waals surface area contributed by atoms with E-state index in [2.05, 4.69) is 19.5 Å². The van der Waals surface area contributed by atoms with Gasteiger partial charge in [0.1, 0.15) is 12.4 Å². The number of hydroxylamine groups is 2. The van der Waals surface area contributed by atoms with Gasteiger partial charge in [0.15, 0.2) is 6.61 Å². The van der Waals surface area contributed by atoms with E-state index in [1.807, 2.05) is 0 Å². The molecule has 0 saturated heterocycles. The van der Waals surface area contributed by atoms with Crippen molar-refractivity contribution in [2.24, 2.45) is 0 Å². The number of nitrogens with zero attached hydrogens (tertiary/aromatic N) is 5. The first kappa shape index (κ1) is 32.1. The van der Waals surface area contributed by atoms with E-state index in [0.717, 1.165) is 11.6 Å². The number of amides is 2. The molecule has 17 heteroatoms. The third-order valence-electron chi connectivity index (χ3n) is 5.55. The lowest BCUT2D eigenvalue weighted by Crippen LogP contribution is -2.37. The van der Waals surface area contributed by atoms with Crippen LogP contribution in [-0.2, 0) is 30.9 Å². The van der Waals surface area contributed by atoms with Crippen molar-refractivity contribution in [2.75, 3.05) is 40.5 Å². The highest BCUT2D eigenvalue weighted by atomic mass is 32.2. The maximum atomic E-state index is 13.5. The highest BCUT2D eigenvalue weighted by Crippen LogP contribution is 2.26. The predicted octanol–water partition coefficient (Wildman–Crippen LogP) is 4.05. The highest BCUT2D eigenvalue weighted by molar-refractivity contribution is 7.84. The van der Waals surface area contributed by atoms with Crippen LogP contribution in [0.1, 0.15) is 18.2 Å². The Bertz CT molecular complexity index is 1470. The number of hydrogen-bond acceptors (Lipinski definition) is 10. The van der Waals surface area contributed by atoms with Crippen LogP contribution in [0.15, 0.2) is 41.7 Å². The lowest BCUT2D eigenvalue weighted by molar-refractivity contribution is -0.153. The highest BCUT2D eigenvalue weighted by Gasteiger charge is 2.29. The summed E-state index contributed by atoms with van der Waals surface area (Å²) in [4.78, 5) is 51.1. The van der Waals surface area contributed by atoms with Gasteiger partial charge in [0.2, 0.25) is 5.16 Å². The lowest BCUT2D eigenvalue weighted by Gasteiger charge is -2.20. The molecule has 3 aromatic rings. The zero-order chi connectivity index (χ0) is 31.0. The normalized spacial score (nSPS) is 12.0.